The molecule has 0 saturated carbocycles. The molecule has 0 amide bonds. The minimum absolute atomic E-state index is 0.248. The highest BCUT2D eigenvalue weighted by molar-refractivity contribution is 9.10. The van der Waals surface area contributed by atoms with E-state index < -0.39 is 5.97 Å². The van der Waals surface area contributed by atoms with Crippen molar-refractivity contribution in [1.29, 1.82) is 5.26 Å². The van der Waals surface area contributed by atoms with E-state index in [0.717, 1.165) is 0 Å². The van der Waals surface area contributed by atoms with Crippen LogP contribution < -0.4 is 0 Å². The molecule has 1 rings (SSSR count). The monoisotopic (exact) mass is 229 g/mol. The fourth-order valence-electron chi connectivity index (χ4n) is 0.598. The molecule has 4 nitrogen and oxygen atoms in total. The third-order valence-electron chi connectivity index (χ3n) is 1.07. The molecule has 0 saturated heterocycles. The van der Waals surface area contributed by atoms with Gasteiger partial charge in [0.2, 0.25) is 0 Å². The zero-order valence-corrected chi connectivity index (χ0v) is 7.50. The van der Waals surface area contributed by atoms with Crippen LogP contribution >= 0.6 is 15.9 Å². The van der Waals surface area contributed by atoms with E-state index in [2.05, 4.69) is 20.7 Å². The Balaban J connectivity index is 2.61. The molecule has 62 valence electrons. The van der Waals surface area contributed by atoms with Crippen molar-refractivity contribution in [1.82, 2.24) is 0 Å². The number of hydrogen-bond donors (Lipinski definition) is 0. The molecule has 1 aromatic heterocycles. The smallest absolute Gasteiger partial charge is 0.342 e. The average Bonchev–Trinajstić information content (AvgIpc) is 2.47. The van der Waals surface area contributed by atoms with Crippen LogP contribution in [0.5, 0.6) is 0 Å². The summed E-state index contributed by atoms with van der Waals surface area (Å²) in [5, 5.41) is 8.11. The molecule has 0 aliphatic rings. The fourth-order valence-corrected chi connectivity index (χ4v) is 0.938. The average molecular weight is 230 g/mol. The first-order chi connectivity index (χ1) is 5.74. The van der Waals surface area contributed by atoms with E-state index in [4.69, 9.17) is 9.68 Å². The summed E-state index contributed by atoms with van der Waals surface area (Å²) in [5.41, 5.74) is 0.289. The molecule has 5 heteroatoms. The first-order valence-electron chi connectivity index (χ1n) is 3.02. The number of rotatable bonds is 2. The minimum Gasteiger partial charge on any atom is -0.457 e. The Morgan fingerprint density at radius 1 is 1.83 bits per heavy atom. The highest BCUT2D eigenvalue weighted by Crippen LogP contribution is 2.14. The topological polar surface area (TPSA) is 63.2 Å². The Bertz CT molecular complexity index is 326. The van der Waals surface area contributed by atoms with Crippen molar-refractivity contribution in [2.45, 2.75) is 0 Å². The molecule has 0 radical (unpaired) electrons. The number of nitrogens with zero attached hydrogens (tertiary/aromatic N) is 1. The van der Waals surface area contributed by atoms with E-state index >= 15 is 0 Å². The van der Waals surface area contributed by atoms with E-state index in [1.807, 2.05) is 0 Å². The SMILES string of the molecule is N#CCOC(=O)c1coc(Br)c1. The molecule has 0 unspecified atom stereocenters. The van der Waals surface area contributed by atoms with Crippen molar-refractivity contribution in [3.8, 4) is 6.07 Å². The van der Waals surface area contributed by atoms with E-state index in [9.17, 15) is 4.79 Å². The molecule has 12 heavy (non-hydrogen) atoms. The van der Waals surface area contributed by atoms with Gasteiger partial charge in [0.05, 0.1) is 5.56 Å². The number of carbonyl (C=O) groups is 1. The normalized spacial score (nSPS) is 9.00. The molecule has 0 spiro atoms. The second-order valence-electron chi connectivity index (χ2n) is 1.87. The van der Waals surface area contributed by atoms with Crippen molar-refractivity contribution in [2.24, 2.45) is 0 Å². The summed E-state index contributed by atoms with van der Waals surface area (Å²) in [4.78, 5) is 11.0. The number of halogens is 1. The largest absolute Gasteiger partial charge is 0.457 e. The second kappa shape index (κ2) is 3.93. The molecule has 0 bridgehead atoms. The van der Waals surface area contributed by atoms with Crippen LogP contribution in [0.15, 0.2) is 21.4 Å². The van der Waals surface area contributed by atoms with Crippen LogP contribution in [0, 0.1) is 11.3 Å². The third-order valence-corrected chi connectivity index (χ3v) is 1.49. The zero-order valence-electron chi connectivity index (χ0n) is 5.91. The standard InChI is InChI=1S/C7H4BrNO3/c8-6-3-5(4-12-6)7(10)11-2-1-9/h3-4H,2H2. The number of nitriles is 1. The summed E-state index contributed by atoms with van der Waals surface area (Å²) in [6, 6.07) is 3.16. The van der Waals surface area contributed by atoms with E-state index in [1.165, 1.54) is 12.3 Å². The van der Waals surface area contributed by atoms with Crippen LogP contribution in [0.4, 0.5) is 0 Å². The van der Waals surface area contributed by atoms with Crippen LogP contribution in [-0.2, 0) is 4.74 Å². The summed E-state index contributed by atoms with van der Waals surface area (Å²) >= 11 is 3.03. The molecule has 0 atom stereocenters. The summed E-state index contributed by atoms with van der Waals surface area (Å²) in [6.45, 7) is -0.248. The second-order valence-corrected chi connectivity index (χ2v) is 2.66. The van der Waals surface area contributed by atoms with E-state index in [-0.39, 0.29) is 12.2 Å². The summed E-state index contributed by atoms with van der Waals surface area (Å²) < 4.78 is 9.76. The van der Waals surface area contributed by atoms with Crippen molar-refractivity contribution < 1.29 is 13.9 Å². The van der Waals surface area contributed by atoms with Crippen molar-refractivity contribution in [2.75, 3.05) is 6.61 Å². The lowest BCUT2D eigenvalue weighted by atomic mass is 10.3. The van der Waals surface area contributed by atoms with Crippen LogP contribution in [0.1, 0.15) is 10.4 Å². The van der Waals surface area contributed by atoms with Gasteiger partial charge < -0.3 is 9.15 Å². The van der Waals surface area contributed by atoms with Gasteiger partial charge in [-0.15, -0.1) is 0 Å². The maximum absolute atomic E-state index is 11.0. The Labute approximate surface area is 76.9 Å². The highest BCUT2D eigenvalue weighted by Gasteiger charge is 2.09. The maximum atomic E-state index is 11.0. The molecule has 1 aromatic rings. The predicted octanol–water partition coefficient (Wildman–Crippen LogP) is 1.72. The summed E-state index contributed by atoms with van der Waals surface area (Å²) in [5.74, 6) is -0.564. The van der Waals surface area contributed by atoms with E-state index in [0.29, 0.717) is 4.67 Å². The zero-order chi connectivity index (χ0) is 8.97. The van der Waals surface area contributed by atoms with Crippen LogP contribution in [0.25, 0.3) is 0 Å². The lowest BCUT2D eigenvalue weighted by molar-refractivity contribution is 0.0554. The molecule has 0 aromatic carbocycles. The third kappa shape index (κ3) is 2.10. The van der Waals surface area contributed by atoms with Gasteiger partial charge in [0.15, 0.2) is 11.3 Å². The maximum Gasteiger partial charge on any atom is 0.342 e. The van der Waals surface area contributed by atoms with Gasteiger partial charge in [0.25, 0.3) is 0 Å². The highest BCUT2D eigenvalue weighted by atomic mass is 79.9. The van der Waals surface area contributed by atoms with Crippen molar-refractivity contribution in [3.63, 3.8) is 0 Å². The molecule has 0 fully saturated rings. The van der Waals surface area contributed by atoms with Crippen molar-refractivity contribution >= 4 is 21.9 Å². The lowest BCUT2D eigenvalue weighted by Crippen LogP contribution is -2.03. The van der Waals surface area contributed by atoms with Gasteiger partial charge in [-0.1, -0.05) is 0 Å². The molecule has 0 N–H and O–H groups in total. The molecular weight excluding hydrogens is 226 g/mol. The van der Waals surface area contributed by atoms with Gasteiger partial charge in [0, 0.05) is 6.07 Å². The lowest BCUT2D eigenvalue weighted by Gasteiger charge is -1.93. The van der Waals surface area contributed by atoms with Gasteiger partial charge in [-0.05, 0) is 15.9 Å². The first-order valence-corrected chi connectivity index (χ1v) is 3.81. The number of esters is 1. The molecule has 0 aliphatic carbocycles. The van der Waals surface area contributed by atoms with Gasteiger partial charge in [0.1, 0.15) is 12.3 Å². The first kappa shape index (κ1) is 8.81. The molecule has 0 aliphatic heterocycles. The summed E-state index contributed by atoms with van der Waals surface area (Å²) in [6.07, 6.45) is 1.25. The predicted molar refractivity (Wildman–Crippen MR) is 42.3 cm³/mol. The number of ether oxygens (including phenoxy) is 1. The Morgan fingerprint density at radius 3 is 3.08 bits per heavy atom. The van der Waals surface area contributed by atoms with Gasteiger partial charge in [-0.25, -0.2) is 4.79 Å². The van der Waals surface area contributed by atoms with Crippen LogP contribution in [0.2, 0.25) is 0 Å². The molecule has 1 heterocycles. The van der Waals surface area contributed by atoms with Crippen LogP contribution in [0.3, 0.4) is 0 Å². The Morgan fingerprint density at radius 2 is 2.58 bits per heavy atom. The van der Waals surface area contributed by atoms with Crippen LogP contribution in [-0.4, -0.2) is 12.6 Å². The van der Waals surface area contributed by atoms with E-state index in [1.54, 1.807) is 6.07 Å². The fraction of sp³-hybridized carbons (Fsp3) is 0.143. The van der Waals surface area contributed by atoms with Crippen molar-refractivity contribution in [3.05, 3.63) is 22.6 Å². The minimum atomic E-state index is -0.564. The van der Waals surface area contributed by atoms with Gasteiger partial charge in [-0.2, -0.15) is 5.26 Å². The number of carbonyl (C=O) groups excluding carboxylic acids is 1. The van der Waals surface area contributed by atoms with Gasteiger partial charge in [-0.3, -0.25) is 0 Å². The number of furan rings is 1. The quantitative estimate of drug-likeness (QED) is 0.725. The Hall–Kier alpha value is -1.28. The summed E-state index contributed by atoms with van der Waals surface area (Å²) in [7, 11) is 0. The number of hydrogen-bond acceptors (Lipinski definition) is 4. The van der Waals surface area contributed by atoms with Gasteiger partial charge >= 0.3 is 5.97 Å². The Kier molecular flexibility index (Phi) is 2.88. The molecular formula is C7H4BrNO3.